The lowest BCUT2D eigenvalue weighted by Gasteiger charge is -2.34. The Morgan fingerprint density at radius 1 is 1.21 bits per heavy atom. The van der Waals surface area contributed by atoms with Gasteiger partial charge < -0.3 is 9.64 Å². The maximum absolute atomic E-state index is 12.9. The summed E-state index contributed by atoms with van der Waals surface area (Å²) in [6.07, 6.45) is 11.4. The van der Waals surface area contributed by atoms with Crippen molar-refractivity contribution in [3.05, 3.63) is 11.9 Å². The standard InChI is InChI=1S/C18H30N4O2/c1-24-14-17-13-22(20-19-17)12-15-7-6-10-21(11-15)18(23)16-8-4-2-3-5-9-16/h13,15-16H,2-12,14H2,1H3/t15-/m0/s1. The van der Waals surface area contributed by atoms with Gasteiger partial charge in [-0.1, -0.05) is 30.9 Å². The quantitative estimate of drug-likeness (QED) is 0.777. The highest BCUT2D eigenvalue weighted by Gasteiger charge is 2.29. The smallest absolute Gasteiger partial charge is 0.225 e. The van der Waals surface area contributed by atoms with Crippen molar-refractivity contribution in [2.75, 3.05) is 20.2 Å². The van der Waals surface area contributed by atoms with Gasteiger partial charge >= 0.3 is 0 Å². The van der Waals surface area contributed by atoms with Gasteiger partial charge in [0.25, 0.3) is 0 Å². The molecule has 6 heteroatoms. The summed E-state index contributed by atoms with van der Waals surface area (Å²) in [7, 11) is 1.66. The van der Waals surface area contributed by atoms with Gasteiger partial charge in [-0.05, 0) is 31.6 Å². The van der Waals surface area contributed by atoms with Crippen molar-refractivity contribution >= 4 is 5.91 Å². The maximum Gasteiger partial charge on any atom is 0.225 e. The lowest BCUT2D eigenvalue weighted by Crippen LogP contribution is -2.44. The number of ether oxygens (including phenoxy) is 1. The van der Waals surface area contributed by atoms with E-state index in [0.29, 0.717) is 18.4 Å². The molecule has 0 radical (unpaired) electrons. The van der Waals surface area contributed by atoms with E-state index in [0.717, 1.165) is 51.0 Å². The zero-order valence-electron chi connectivity index (χ0n) is 14.8. The van der Waals surface area contributed by atoms with Crippen molar-refractivity contribution in [1.82, 2.24) is 19.9 Å². The van der Waals surface area contributed by atoms with E-state index < -0.39 is 0 Å². The first kappa shape index (κ1) is 17.4. The van der Waals surface area contributed by atoms with Gasteiger partial charge in [-0.3, -0.25) is 9.48 Å². The van der Waals surface area contributed by atoms with Crippen LogP contribution in [0.4, 0.5) is 0 Å². The van der Waals surface area contributed by atoms with E-state index in [2.05, 4.69) is 15.2 Å². The Labute approximate surface area is 144 Å². The van der Waals surface area contributed by atoms with Crippen molar-refractivity contribution in [1.29, 1.82) is 0 Å². The molecule has 134 valence electrons. The predicted octanol–water partition coefficient (Wildman–Crippen LogP) is 2.63. The highest BCUT2D eigenvalue weighted by Crippen LogP contribution is 2.27. The first-order valence-electron chi connectivity index (χ1n) is 9.43. The maximum atomic E-state index is 12.9. The van der Waals surface area contributed by atoms with E-state index in [1.165, 1.54) is 25.7 Å². The highest BCUT2D eigenvalue weighted by atomic mass is 16.5. The molecule has 2 heterocycles. The molecular weight excluding hydrogens is 304 g/mol. The fourth-order valence-electron chi connectivity index (χ4n) is 4.11. The molecule has 0 N–H and O–H groups in total. The molecule has 1 saturated heterocycles. The summed E-state index contributed by atoms with van der Waals surface area (Å²) in [5.74, 6) is 1.15. The second kappa shape index (κ2) is 8.60. The van der Waals surface area contributed by atoms with Gasteiger partial charge in [0.2, 0.25) is 5.91 Å². The van der Waals surface area contributed by atoms with Crippen molar-refractivity contribution in [2.45, 2.75) is 64.5 Å². The molecule has 1 aromatic heterocycles. The molecule has 1 saturated carbocycles. The molecule has 1 atom stereocenters. The lowest BCUT2D eigenvalue weighted by atomic mass is 9.94. The van der Waals surface area contributed by atoms with E-state index in [9.17, 15) is 4.79 Å². The molecule has 0 aromatic carbocycles. The number of nitrogens with zero attached hydrogens (tertiary/aromatic N) is 4. The first-order valence-corrected chi connectivity index (χ1v) is 9.43. The van der Waals surface area contributed by atoms with Crippen LogP contribution < -0.4 is 0 Å². The van der Waals surface area contributed by atoms with Crippen LogP contribution in [0.1, 0.15) is 57.1 Å². The number of carbonyl (C=O) groups excluding carboxylic acids is 1. The van der Waals surface area contributed by atoms with Gasteiger partial charge in [-0.25, -0.2) is 0 Å². The van der Waals surface area contributed by atoms with Crippen LogP contribution in [0, 0.1) is 11.8 Å². The second-order valence-corrected chi connectivity index (χ2v) is 7.35. The van der Waals surface area contributed by atoms with E-state index >= 15 is 0 Å². The third kappa shape index (κ3) is 4.56. The predicted molar refractivity (Wildman–Crippen MR) is 91.2 cm³/mol. The van der Waals surface area contributed by atoms with Crippen molar-refractivity contribution in [3.63, 3.8) is 0 Å². The molecule has 1 amide bonds. The Bertz CT molecular complexity index is 523. The van der Waals surface area contributed by atoms with Crippen LogP contribution in [0.25, 0.3) is 0 Å². The first-order chi connectivity index (χ1) is 11.8. The topological polar surface area (TPSA) is 60.2 Å². The summed E-state index contributed by atoms with van der Waals surface area (Å²) < 4.78 is 6.99. The summed E-state index contributed by atoms with van der Waals surface area (Å²) >= 11 is 0. The minimum absolute atomic E-state index is 0.269. The largest absolute Gasteiger partial charge is 0.378 e. The lowest BCUT2D eigenvalue weighted by molar-refractivity contribution is -0.138. The molecule has 0 unspecified atom stereocenters. The highest BCUT2D eigenvalue weighted by molar-refractivity contribution is 5.79. The molecule has 0 bridgehead atoms. The number of aromatic nitrogens is 3. The second-order valence-electron chi connectivity index (χ2n) is 7.35. The van der Waals surface area contributed by atoms with Crippen LogP contribution in [-0.2, 0) is 22.7 Å². The number of carbonyl (C=O) groups is 1. The molecule has 1 aliphatic heterocycles. The van der Waals surface area contributed by atoms with Crippen LogP contribution in [0.2, 0.25) is 0 Å². The molecule has 6 nitrogen and oxygen atoms in total. The van der Waals surface area contributed by atoms with Crippen LogP contribution in [0.15, 0.2) is 6.20 Å². The molecule has 24 heavy (non-hydrogen) atoms. The Morgan fingerprint density at radius 3 is 2.75 bits per heavy atom. The fourth-order valence-corrected chi connectivity index (χ4v) is 4.11. The van der Waals surface area contributed by atoms with Crippen LogP contribution in [0.5, 0.6) is 0 Å². The normalized spacial score (nSPS) is 23.2. The van der Waals surface area contributed by atoms with Crippen molar-refractivity contribution in [2.24, 2.45) is 11.8 Å². The Morgan fingerprint density at radius 2 is 2.00 bits per heavy atom. The molecule has 3 rings (SSSR count). The number of methoxy groups -OCH3 is 1. The summed E-state index contributed by atoms with van der Waals surface area (Å²) in [5.41, 5.74) is 0.861. The number of rotatable bonds is 5. The zero-order valence-corrected chi connectivity index (χ0v) is 14.8. The van der Waals surface area contributed by atoms with Gasteiger partial charge in [0, 0.05) is 32.7 Å². The molecular formula is C18H30N4O2. The van der Waals surface area contributed by atoms with E-state index in [1.807, 2.05) is 10.9 Å². The third-order valence-electron chi connectivity index (χ3n) is 5.36. The van der Waals surface area contributed by atoms with Crippen LogP contribution in [-0.4, -0.2) is 46.0 Å². The van der Waals surface area contributed by atoms with Gasteiger partial charge in [-0.15, -0.1) is 5.10 Å². The van der Waals surface area contributed by atoms with Crippen LogP contribution >= 0.6 is 0 Å². The molecule has 0 spiro atoms. The van der Waals surface area contributed by atoms with E-state index in [-0.39, 0.29) is 5.92 Å². The minimum Gasteiger partial charge on any atom is -0.378 e. The number of piperidine rings is 1. The van der Waals surface area contributed by atoms with Gasteiger partial charge in [0.1, 0.15) is 5.69 Å². The summed E-state index contributed by atoms with van der Waals surface area (Å²) in [6, 6.07) is 0. The van der Waals surface area contributed by atoms with Gasteiger partial charge in [0.15, 0.2) is 0 Å². The van der Waals surface area contributed by atoms with Crippen LogP contribution in [0.3, 0.4) is 0 Å². The van der Waals surface area contributed by atoms with Crippen molar-refractivity contribution < 1.29 is 9.53 Å². The van der Waals surface area contributed by atoms with Crippen molar-refractivity contribution in [3.8, 4) is 0 Å². The van der Waals surface area contributed by atoms with Gasteiger partial charge in [0.05, 0.1) is 12.8 Å². The number of likely N-dealkylation sites (tertiary alicyclic amines) is 1. The number of hydrogen-bond donors (Lipinski definition) is 0. The molecule has 1 aliphatic carbocycles. The fraction of sp³-hybridized carbons (Fsp3) is 0.833. The summed E-state index contributed by atoms with van der Waals surface area (Å²) in [4.78, 5) is 15.0. The third-order valence-corrected chi connectivity index (χ3v) is 5.36. The average molecular weight is 334 g/mol. The monoisotopic (exact) mass is 334 g/mol. The SMILES string of the molecule is COCc1cn(C[C@H]2CCCN(C(=O)C3CCCCCC3)C2)nn1. The molecule has 1 aromatic rings. The molecule has 2 fully saturated rings. The van der Waals surface area contributed by atoms with E-state index in [4.69, 9.17) is 4.74 Å². The minimum atomic E-state index is 0.269. The summed E-state index contributed by atoms with van der Waals surface area (Å²) in [6.45, 7) is 3.13. The zero-order chi connectivity index (χ0) is 16.8. The Hall–Kier alpha value is -1.43. The average Bonchev–Trinajstić information content (AvgIpc) is 2.86. The number of amides is 1. The Balaban J connectivity index is 1.54. The Kier molecular flexibility index (Phi) is 6.24. The van der Waals surface area contributed by atoms with E-state index in [1.54, 1.807) is 7.11 Å². The number of hydrogen-bond acceptors (Lipinski definition) is 4. The van der Waals surface area contributed by atoms with Gasteiger partial charge in [-0.2, -0.15) is 0 Å². The molecule has 2 aliphatic rings. The summed E-state index contributed by atoms with van der Waals surface area (Å²) in [5, 5.41) is 8.30.